The zero-order chi connectivity index (χ0) is 12.4. The van der Waals surface area contributed by atoms with Crippen LogP contribution in [0.1, 0.15) is 37.7 Å². The molecular weight excluding hydrogens is 286 g/mol. The van der Waals surface area contributed by atoms with E-state index in [0.29, 0.717) is 0 Å². The van der Waals surface area contributed by atoms with Gasteiger partial charge in [-0.05, 0) is 56.5 Å². The van der Waals surface area contributed by atoms with E-state index in [1.165, 1.54) is 50.8 Å². The molecule has 1 aliphatic heterocycles. The lowest BCUT2D eigenvalue weighted by Crippen LogP contribution is -2.46. The Kier molecular flexibility index (Phi) is 3.86. The van der Waals surface area contributed by atoms with Gasteiger partial charge in [-0.25, -0.2) is 0 Å². The molecule has 1 nitrogen and oxygen atoms in total. The van der Waals surface area contributed by atoms with Gasteiger partial charge in [0.05, 0.1) is 0 Å². The van der Waals surface area contributed by atoms with E-state index in [4.69, 9.17) is 0 Å². The third-order valence-corrected chi connectivity index (χ3v) is 4.70. The quantitative estimate of drug-likeness (QED) is 0.778. The molecule has 3 rings (SSSR count). The lowest BCUT2D eigenvalue weighted by Gasteiger charge is -2.42. The highest BCUT2D eigenvalue weighted by Gasteiger charge is 2.28. The Bertz CT molecular complexity index is 431. The van der Waals surface area contributed by atoms with Crippen LogP contribution in [0.5, 0.6) is 0 Å². The van der Waals surface area contributed by atoms with Crippen molar-refractivity contribution in [1.29, 1.82) is 0 Å². The molecule has 1 aliphatic carbocycles. The Hall–Kier alpha value is -0.600. The van der Waals surface area contributed by atoms with Crippen LogP contribution in [0.4, 0.5) is 0 Å². The van der Waals surface area contributed by atoms with Crippen molar-refractivity contribution in [2.24, 2.45) is 0 Å². The third kappa shape index (κ3) is 2.70. The molecule has 0 aromatic heterocycles. The minimum absolute atomic E-state index is 0.733. The van der Waals surface area contributed by atoms with Crippen LogP contribution in [0.25, 0.3) is 6.08 Å². The van der Waals surface area contributed by atoms with Gasteiger partial charge in [0, 0.05) is 10.5 Å². The summed E-state index contributed by atoms with van der Waals surface area (Å²) in [6.07, 6.45) is 9.24. The molecule has 2 aliphatic rings. The number of benzene rings is 1. The fourth-order valence-corrected chi connectivity index (χ4v) is 3.29. The largest absolute Gasteiger partial charge is 0.297 e. The Morgan fingerprint density at radius 3 is 2.50 bits per heavy atom. The summed E-state index contributed by atoms with van der Waals surface area (Å²) in [6, 6.07) is 9.41. The molecule has 1 heterocycles. The van der Waals surface area contributed by atoms with Gasteiger partial charge in [-0.1, -0.05) is 46.1 Å². The summed E-state index contributed by atoms with van der Waals surface area (Å²) in [6.45, 7) is 2.62. The van der Waals surface area contributed by atoms with Crippen LogP contribution in [-0.2, 0) is 0 Å². The van der Waals surface area contributed by atoms with E-state index in [9.17, 15) is 0 Å². The highest BCUT2D eigenvalue weighted by Crippen LogP contribution is 2.32. The van der Waals surface area contributed by atoms with E-state index >= 15 is 0 Å². The first-order valence-corrected chi connectivity index (χ1v) is 7.82. The van der Waals surface area contributed by atoms with Crippen molar-refractivity contribution in [2.75, 3.05) is 13.1 Å². The highest BCUT2D eigenvalue weighted by atomic mass is 79.9. The lowest BCUT2D eigenvalue weighted by molar-refractivity contribution is 0.121. The molecule has 96 valence electrons. The Labute approximate surface area is 118 Å². The molecule has 18 heavy (non-hydrogen) atoms. The van der Waals surface area contributed by atoms with Crippen LogP contribution in [0.3, 0.4) is 0 Å². The number of halogens is 1. The van der Waals surface area contributed by atoms with Gasteiger partial charge >= 0.3 is 0 Å². The van der Waals surface area contributed by atoms with Gasteiger partial charge in [0.15, 0.2) is 0 Å². The van der Waals surface area contributed by atoms with E-state index in [-0.39, 0.29) is 0 Å². The minimum Gasteiger partial charge on any atom is -0.297 e. The maximum absolute atomic E-state index is 3.50. The molecule has 0 bridgehead atoms. The summed E-state index contributed by atoms with van der Waals surface area (Å²) < 4.78 is 1.16. The molecule has 0 radical (unpaired) electrons. The van der Waals surface area contributed by atoms with Crippen molar-refractivity contribution in [3.63, 3.8) is 0 Å². The number of hydrogen-bond donors (Lipinski definition) is 0. The van der Waals surface area contributed by atoms with E-state index in [1.807, 2.05) is 0 Å². The van der Waals surface area contributed by atoms with E-state index in [2.05, 4.69) is 51.2 Å². The van der Waals surface area contributed by atoms with Gasteiger partial charge in [0.1, 0.15) is 0 Å². The van der Waals surface area contributed by atoms with Crippen LogP contribution >= 0.6 is 15.9 Å². The highest BCUT2D eigenvalue weighted by molar-refractivity contribution is 9.10. The molecule has 1 saturated carbocycles. The zero-order valence-electron chi connectivity index (χ0n) is 10.7. The van der Waals surface area contributed by atoms with Gasteiger partial charge in [-0.15, -0.1) is 0 Å². The fraction of sp³-hybridized carbons (Fsp3) is 0.500. The van der Waals surface area contributed by atoms with Crippen LogP contribution < -0.4 is 0 Å². The molecule has 1 aromatic carbocycles. The summed E-state index contributed by atoms with van der Waals surface area (Å²) in [7, 11) is 0. The van der Waals surface area contributed by atoms with E-state index in [1.54, 1.807) is 5.57 Å². The van der Waals surface area contributed by atoms with Gasteiger partial charge in [0.2, 0.25) is 0 Å². The SMILES string of the molecule is Brc1ccc(/C=C2/CCCCC2N2CCC2)cc1. The van der Waals surface area contributed by atoms with Crippen molar-refractivity contribution in [1.82, 2.24) is 4.90 Å². The van der Waals surface area contributed by atoms with Crippen molar-refractivity contribution >= 4 is 22.0 Å². The molecule has 2 fully saturated rings. The van der Waals surface area contributed by atoms with Crippen LogP contribution in [0.2, 0.25) is 0 Å². The van der Waals surface area contributed by atoms with Gasteiger partial charge in [0.25, 0.3) is 0 Å². The van der Waals surface area contributed by atoms with Crippen LogP contribution in [0.15, 0.2) is 34.3 Å². The molecule has 0 N–H and O–H groups in total. The molecule has 0 amide bonds. The molecule has 0 spiro atoms. The lowest BCUT2D eigenvalue weighted by atomic mass is 9.86. The summed E-state index contributed by atoms with van der Waals surface area (Å²) in [5.41, 5.74) is 3.00. The second kappa shape index (κ2) is 5.58. The summed E-state index contributed by atoms with van der Waals surface area (Å²) >= 11 is 3.50. The van der Waals surface area contributed by atoms with E-state index < -0.39 is 0 Å². The zero-order valence-corrected chi connectivity index (χ0v) is 12.3. The normalized spacial score (nSPS) is 27.2. The Balaban J connectivity index is 1.80. The van der Waals surface area contributed by atoms with Crippen molar-refractivity contribution in [2.45, 2.75) is 38.1 Å². The second-order valence-electron chi connectivity index (χ2n) is 5.42. The number of likely N-dealkylation sites (tertiary alicyclic amines) is 1. The third-order valence-electron chi connectivity index (χ3n) is 4.17. The average Bonchev–Trinajstić information content (AvgIpc) is 2.32. The maximum Gasteiger partial charge on any atom is 0.0310 e. The summed E-state index contributed by atoms with van der Waals surface area (Å²) in [4.78, 5) is 2.66. The predicted octanol–water partition coefficient (Wildman–Crippen LogP) is 4.48. The van der Waals surface area contributed by atoms with Gasteiger partial charge in [-0.2, -0.15) is 0 Å². The monoisotopic (exact) mass is 305 g/mol. The first-order chi connectivity index (χ1) is 8.83. The van der Waals surface area contributed by atoms with Gasteiger partial charge in [-0.3, -0.25) is 4.90 Å². The smallest absolute Gasteiger partial charge is 0.0310 e. The predicted molar refractivity (Wildman–Crippen MR) is 80.6 cm³/mol. The second-order valence-corrected chi connectivity index (χ2v) is 6.34. The average molecular weight is 306 g/mol. The number of hydrogen-bond acceptors (Lipinski definition) is 1. The summed E-state index contributed by atoms with van der Waals surface area (Å²) in [5, 5.41) is 0. The molecule has 1 atom stereocenters. The molecule has 1 unspecified atom stereocenters. The standard InChI is InChI=1S/C16H20BrN/c17-15-8-6-13(7-9-15)12-14-4-1-2-5-16(14)18-10-3-11-18/h6-9,12,16H,1-5,10-11H2/b14-12-. The minimum atomic E-state index is 0.733. The topological polar surface area (TPSA) is 3.24 Å². The fourth-order valence-electron chi connectivity index (χ4n) is 3.03. The van der Waals surface area contributed by atoms with Crippen LogP contribution in [0, 0.1) is 0 Å². The first kappa shape index (κ1) is 12.4. The number of rotatable bonds is 2. The van der Waals surface area contributed by atoms with E-state index in [0.717, 1.165) is 10.5 Å². The molecule has 2 heteroatoms. The first-order valence-electron chi connectivity index (χ1n) is 7.03. The molecular formula is C16H20BrN. The maximum atomic E-state index is 3.50. The Morgan fingerprint density at radius 1 is 1.06 bits per heavy atom. The number of nitrogens with zero attached hydrogens (tertiary/aromatic N) is 1. The molecule has 1 saturated heterocycles. The molecule has 1 aromatic rings. The van der Waals surface area contributed by atoms with Gasteiger partial charge < -0.3 is 0 Å². The van der Waals surface area contributed by atoms with Crippen molar-refractivity contribution in [3.8, 4) is 0 Å². The van der Waals surface area contributed by atoms with Crippen molar-refractivity contribution < 1.29 is 0 Å². The van der Waals surface area contributed by atoms with Crippen molar-refractivity contribution in [3.05, 3.63) is 39.9 Å². The Morgan fingerprint density at radius 2 is 1.83 bits per heavy atom. The van der Waals surface area contributed by atoms with Crippen LogP contribution in [-0.4, -0.2) is 24.0 Å². The summed E-state index contributed by atoms with van der Waals surface area (Å²) in [5.74, 6) is 0.